The van der Waals surface area contributed by atoms with Crippen LogP contribution in [0.4, 0.5) is 0 Å². The Balaban J connectivity index is 3.80. The number of aliphatic hydroxyl groups is 1. The molecule has 0 saturated heterocycles. The second-order valence-electron chi connectivity index (χ2n) is 3.20. The Kier molecular flexibility index (Phi) is 3.72. The van der Waals surface area contributed by atoms with Gasteiger partial charge in [-0.05, 0) is 6.08 Å². The smallest absolute Gasteiger partial charge is 0.132 e. The Morgan fingerprint density at radius 2 is 1.75 bits per heavy atom. The molecule has 1 aromatic rings. The van der Waals surface area contributed by atoms with Gasteiger partial charge in [-0.15, -0.1) is 0 Å². The third-order valence-electron chi connectivity index (χ3n) is 2.17. The summed E-state index contributed by atoms with van der Waals surface area (Å²) >= 11 is 0. The molecule has 0 spiro atoms. The van der Waals surface area contributed by atoms with Gasteiger partial charge in [0.2, 0.25) is 0 Å². The summed E-state index contributed by atoms with van der Waals surface area (Å²) in [5, 5.41) is 11.2. The number of allylic oxidation sites excluding steroid dienone is 2. The average Bonchev–Trinajstić information content (AvgIpc) is 2.58. The van der Waals surface area contributed by atoms with E-state index >= 15 is 0 Å². The van der Waals surface area contributed by atoms with Gasteiger partial charge in [-0.3, -0.25) is 0 Å². The molecular formula is C14H15NO. The lowest BCUT2D eigenvalue weighted by atomic mass is 10.1. The van der Waals surface area contributed by atoms with Gasteiger partial charge < -0.3 is 10.1 Å². The molecule has 16 heavy (non-hydrogen) atoms. The van der Waals surface area contributed by atoms with Gasteiger partial charge in [-0.1, -0.05) is 50.6 Å². The Morgan fingerprint density at radius 3 is 2.19 bits per heavy atom. The van der Waals surface area contributed by atoms with E-state index in [1.165, 1.54) is 0 Å². The van der Waals surface area contributed by atoms with E-state index < -0.39 is 0 Å². The fourth-order valence-corrected chi connectivity index (χ4v) is 1.54. The fraction of sp³-hybridized carbons (Fsp3) is 0. The molecule has 0 fully saturated rings. The number of aromatic amines is 1. The molecular weight excluding hydrogens is 198 g/mol. The Labute approximate surface area is 94.9 Å². The van der Waals surface area contributed by atoms with Crippen LogP contribution in [0.3, 0.4) is 0 Å². The van der Waals surface area contributed by atoms with Crippen LogP contribution in [0.15, 0.2) is 38.5 Å². The molecule has 2 nitrogen and oxygen atoms in total. The molecule has 1 rings (SSSR count). The molecule has 0 bridgehead atoms. The van der Waals surface area contributed by atoms with Crippen molar-refractivity contribution in [3.63, 3.8) is 0 Å². The first-order valence-corrected chi connectivity index (χ1v) is 4.83. The zero-order chi connectivity index (χ0) is 12.1. The minimum absolute atomic E-state index is 0.0164. The molecule has 0 aliphatic carbocycles. The van der Waals surface area contributed by atoms with E-state index in [1.807, 2.05) is 12.2 Å². The van der Waals surface area contributed by atoms with Crippen LogP contribution in [0.1, 0.15) is 11.3 Å². The molecule has 0 atom stereocenters. The highest BCUT2D eigenvalue weighted by molar-refractivity contribution is 5.68. The zero-order valence-corrected chi connectivity index (χ0v) is 9.16. The lowest BCUT2D eigenvalue weighted by Gasteiger charge is -1.95. The Morgan fingerprint density at radius 1 is 1.12 bits per heavy atom. The van der Waals surface area contributed by atoms with Gasteiger partial charge >= 0.3 is 0 Å². The fourth-order valence-electron chi connectivity index (χ4n) is 1.54. The van der Waals surface area contributed by atoms with Gasteiger partial charge in [0, 0.05) is 16.1 Å². The molecule has 0 aliphatic rings. The van der Waals surface area contributed by atoms with Crippen molar-refractivity contribution in [3.8, 4) is 0 Å². The zero-order valence-electron chi connectivity index (χ0n) is 9.16. The molecule has 1 heterocycles. The molecule has 2 heteroatoms. The second kappa shape index (κ2) is 5.03. The minimum Gasteiger partial charge on any atom is -0.506 e. The molecule has 0 aliphatic heterocycles. The second-order valence-corrected chi connectivity index (χ2v) is 3.20. The van der Waals surface area contributed by atoms with Crippen LogP contribution in [0.2, 0.25) is 0 Å². The first-order chi connectivity index (χ1) is 7.65. The van der Waals surface area contributed by atoms with E-state index in [4.69, 9.17) is 0 Å². The van der Waals surface area contributed by atoms with Crippen LogP contribution < -0.4 is 10.6 Å². The number of rotatable bonds is 4. The summed E-state index contributed by atoms with van der Waals surface area (Å²) in [7, 11) is 0. The van der Waals surface area contributed by atoms with E-state index in [9.17, 15) is 5.11 Å². The van der Waals surface area contributed by atoms with E-state index in [0.717, 1.165) is 16.1 Å². The van der Waals surface area contributed by atoms with Gasteiger partial charge in [-0.2, -0.15) is 0 Å². The number of nitrogens with one attached hydrogen (secondary N) is 1. The molecule has 0 unspecified atom stereocenters. The number of H-pyrrole nitrogens is 1. The van der Waals surface area contributed by atoms with Crippen molar-refractivity contribution in [2.75, 3.05) is 0 Å². The Hall–Kier alpha value is -2.22. The SMILES string of the molecule is C=C/C=c1/c(C=C)c(C(=C)O)[nH]/c1=C/C=C. The molecule has 0 aromatic carbocycles. The van der Waals surface area contributed by atoms with Crippen molar-refractivity contribution >= 4 is 24.0 Å². The van der Waals surface area contributed by atoms with Crippen LogP contribution in [-0.4, -0.2) is 10.1 Å². The van der Waals surface area contributed by atoms with Gasteiger partial charge in [0.1, 0.15) is 5.76 Å². The Bertz CT molecular complexity index is 558. The number of hydrogen-bond acceptors (Lipinski definition) is 1. The summed E-state index contributed by atoms with van der Waals surface area (Å²) in [4.78, 5) is 3.06. The van der Waals surface area contributed by atoms with E-state index in [2.05, 4.69) is 31.3 Å². The highest BCUT2D eigenvalue weighted by Gasteiger charge is 2.07. The van der Waals surface area contributed by atoms with Crippen molar-refractivity contribution in [1.82, 2.24) is 4.98 Å². The van der Waals surface area contributed by atoms with Gasteiger partial charge in [-0.25, -0.2) is 0 Å². The van der Waals surface area contributed by atoms with Gasteiger partial charge in [0.05, 0.1) is 5.69 Å². The molecule has 82 valence electrons. The third kappa shape index (κ3) is 2.06. The molecule has 0 radical (unpaired) electrons. The number of aliphatic hydroxyl groups excluding tert-OH is 1. The maximum atomic E-state index is 9.46. The summed E-state index contributed by atoms with van der Waals surface area (Å²) in [5.41, 5.74) is 1.37. The van der Waals surface area contributed by atoms with Crippen molar-refractivity contribution in [1.29, 1.82) is 0 Å². The minimum atomic E-state index is -0.0164. The number of hydrogen-bond donors (Lipinski definition) is 2. The lowest BCUT2D eigenvalue weighted by Crippen LogP contribution is -2.23. The first-order valence-electron chi connectivity index (χ1n) is 4.83. The largest absolute Gasteiger partial charge is 0.506 e. The summed E-state index contributed by atoms with van der Waals surface area (Å²) in [6, 6.07) is 0. The summed E-state index contributed by atoms with van der Waals surface area (Å²) in [6.45, 7) is 14.5. The van der Waals surface area contributed by atoms with Crippen LogP contribution in [0.25, 0.3) is 24.0 Å². The lowest BCUT2D eigenvalue weighted by molar-refractivity contribution is 0.511. The summed E-state index contributed by atoms with van der Waals surface area (Å²) < 4.78 is 0. The third-order valence-corrected chi connectivity index (χ3v) is 2.17. The summed E-state index contributed by atoms with van der Waals surface area (Å²) in [5.74, 6) is -0.0164. The standard InChI is InChI=1S/C14H15NO/c1-5-8-12-11(7-3)14(10(4)16)15-13(12)9-6-2/h5-9,15-16H,1-4H2/b12-8-,13-9+. The normalized spacial score (nSPS) is 12.5. The maximum Gasteiger partial charge on any atom is 0.132 e. The van der Waals surface area contributed by atoms with Crippen molar-refractivity contribution < 1.29 is 5.11 Å². The van der Waals surface area contributed by atoms with Crippen molar-refractivity contribution in [2.45, 2.75) is 0 Å². The van der Waals surface area contributed by atoms with E-state index in [0.29, 0.717) is 5.69 Å². The summed E-state index contributed by atoms with van der Waals surface area (Å²) in [6.07, 6.45) is 8.68. The molecule has 0 saturated carbocycles. The molecule has 2 N–H and O–H groups in total. The van der Waals surface area contributed by atoms with Gasteiger partial charge in [0.25, 0.3) is 0 Å². The quantitative estimate of drug-likeness (QED) is 0.738. The van der Waals surface area contributed by atoms with Crippen molar-refractivity contribution in [3.05, 3.63) is 60.3 Å². The van der Waals surface area contributed by atoms with Crippen LogP contribution in [0, 0.1) is 0 Å². The van der Waals surface area contributed by atoms with Gasteiger partial charge in [0.15, 0.2) is 0 Å². The predicted octanol–water partition coefficient (Wildman–Crippen LogP) is 2.12. The molecule has 1 aromatic heterocycles. The highest BCUT2D eigenvalue weighted by Crippen LogP contribution is 2.08. The molecule has 0 amide bonds. The van der Waals surface area contributed by atoms with Crippen LogP contribution in [0.5, 0.6) is 0 Å². The topological polar surface area (TPSA) is 36.0 Å². The van der Waals surface area contributed by atoms with E-state index in [1.54, 1.807) is 18.2 Å². The average molecular weight is 213 g/mol. The van der Waals surface area contributed by atoms with E-state index in [-0.39, 0.29) is 5.76 Å². The highest BCUT2D eigenvalue weighted by atomic mass is 16.3. The van der Waals surface area contributed by atoms with Crippen LogP contribution in [-0.2, 0) is 0 Å². The monoisotopic (exact) mass is 213 g/mol. The van der Waals surface area contributed by atoms with Crippen LogP contribution >= 0.6 is 0 Å². The number of aromatic nitrogens is 1. The first kappa shape index (κ1) is 11.9. The predicted molar refractivity (Wildman–Crippen MR) is 71.1 cm³/mol. The maximum absolute atomic E-state index is 9.46. The van der Waals surface area contributed by atoms with Crippen molar-refractivity contribution in [2.24, 2.45) is 0 Å².